The van der Waals surface area contributed by atoms with Gasteiger partial charge in [0.25, 0.3) is 0 Å². The molecule has 1 aromatic rings. The number of rotatable bonds is 7. The van der Waals surface area contributed by atoms with Crippen LogP contribution in [-0.4, -0.2) is 30.5 Å². The quantitative estimate of drug-likeness (QED) is 0.808. The van der Waals surface area contributed by atoms with Crippen LogP contribution in [0, 0.1) is 0 Å². The van der Waals surface area contributed by atoms with Crippen LogP contribution in [-0.2, 0) is 11.3 Å². The van der Waals surface area contributed by atoms with Crippen molar-refractivity contribution in [1.82, 2.24) is 5.32 Å². The van der Waals surface area contributed by atoms with Gasteiger partial charge in [0, 0.05) is 18.1 Å². The fourth-order valence-corrected chi connectivity index (χ4v) is 2.60. The third-order valence-corrected chi connectivity index (χ3v) is 3.66. The van der Waals surface area contributed by atoms with Gasteiger partial charge in [-0.05, 0) is 30.5 Å². The number of aliphatic hydroxyl groups excluding tert-OH is 1. The van der Waals surface area contributed by atoms with Gasteiger partial charge in [-0.15, -0.1) is 0 Å². The molecule has 0 spiro atoms. The van der Waals surface area contributed by atoms with Gasteiger partial charge in [-0.1, -0.05) is 36.6 Å². The van der Waals surface area contributed by atoms with E-state index in [9.17, 15) is 5.11 Å². The lowest BCUT2D eigenvalue weighted by Crippen LogP contribution is -2.31. The molecule has 0 aromatic heterocycles. The van der Waals surface area contributed by atoms with Crippen LogP contribution in [0.1, 0.15) is 31.2 Å². The Bertz CT molecular complexity index is 380. The van der Waals surface area contributed by atoms with Gasteiger partial charge < -0.3 is 15.2 Å². The summed E-state index contributed by atoms with van der Waals surface area (Å²) in [4.78, 5) is 0. The Morgan fingerprint density at radius 1 is 1.37 bits per heavy atom. The van der Waals surface area contributed by atoms with Gasteiger partial charge in [0.15, 0.2) is 0 Å². The number of aliphatic hydroxyl groups is 1. The molecule has 0 bridgehead atoms. The van der Waals surface area contributed by atoms with Gasteiger partial charge in [-0.3, -0.25) is 0 Å². The molecule has 4 heteroatoms. The third kappa shape index (κ3) is 5.49. The largest absolute Gasteiger partial charge is 0.389 e. The molecule has 3 nitrogen and oxygen atoms in total. The van der Waals surface area contributed by atoms with Crippen molar-refractivity contribution in [3.63, 3.8) is 0 Å². The van der Waals surface area contributed by atoms with E-state index in [0.29, 0.717) is 25.8 Å². The van der Waals surface area contributed by atoms with E-state index in [1.165, 1.54) is 12.8 Å². The van der Waals surface area contributed by atoms with E-state index in [2.05, 4.69) is 5.32 Å². The Morgan fingerprint density at radius 3 is 2.89 bits per heavy atom. The predicted molar refractivity (Wildman–Crippen MR) is 77.4 cm³/mol. The summed E-state index contributed by atoms with van der Waals surface area (Å²) in [6, 6.07) is 7.73. The van der Waals surface area contributed by atoms with E-state index >= 15 is 0 Å². The summed E-state index contributed by atoms with van der Waals surface area (Å²) >= 11 is 5.91. The molecule has 0 amide bonds. The first-order chi connectivity index (χ1) is 9.24. The summed E-state index contributed by atoms with van der Waals surface area (Å²) in [5.41, 5.74) is 1.12. The second-order valence-corrected chi connectivity index (χ2v) is 5.59. The van der Waals surface area contributed by atoms with Crippen LogP contribution in [0.3, 0.4) is 0 Å². The lowest BCUT2D eigenvalue weighted by Gasteiger charge is -2.16. The highest BCUT2D eigenvalue weighted by Gasteiger charge is 2.16. The minimum atomic E-state index is -0.445. The van der Waals surface area contributed by atoms with Crippen molar-refractivity contribution in [1.29, 1.82) is 0 Å². The normalized spacial score (nSPS) is 17.8. The van der Waals surface area contributed by atoms with Crippen molar-refractivity contribution in [3.8, 4) is 0 Å². The minimum Gasteiger partial charge on any atom is -0.389 e. The number of benzene rings is 1. The molecule has 106 valence electrons. The zero-order valence-electron chi connectivity index (χ0n) is 11.1. The van der Waals surface area contributed by atoms with Gasteiger partial charge in [0.2, 0.25) is 0 Å². The second-order valence-electron chi connectivity index (χ2n) is 5.15. The maximum Gasteiger partial charge on any atom is 0.0897 e. The van der Waals surface area contributed by atoms with E-state index in [0.717, 1.165) is 23.4 Å². The van der Waals surface area contributed by atoms with Crippen molar-refractivity contribution in [2.75, 3.05) is 13.2 Å². The topological polar surface area (TPSA) is 41.5 Å². The number of hydrogen-bond donors (Lipinski definition) is 2. The predicted octanol–water partition coefficient (Wildman–Crippen LogP) is 2.75. The van der Waals surface area contributed by atoms with Crippen LogP contribution in [0.2, 0.25) is 5.02 Å². The Balaban J connectivity index is 1.59. The Kier molecular flexibility index (Phi) is 6.11. The third-order valence-electron chi connectivity index (χ3n) is 3.42. The van der Waals surface area contributed by atoms with Crippen LogP contribution < -0.4 is 5.32 Å². The first-order valence-electron chi connectivity index (χ1n) is 6.99. The zero-order chi connectivity index (χ0) is 13.5. The fourth-order valence-electron chi connectivity index (χ4n) is 2.39. The van der Waals surface area contributed by atoms with Gasteiger partial charge in [0.05, 0.1) is 18.8 Å². The van der Waals surface area contributed by atoms with Crippen LogP contribution >= 0.6 is 11.6 Å². The number of ether oxygens (including phenoxy) is 1. The molecule has 2 rings (SSSR count). The maximum atomic E-state index is 9.83. The molecule has 1 atom stereocenters. The number of nitrogens with one attached hydrogen (secondary N) is 1. The molecule has 0 unspecified atom stereocenters. The average molecular weight is 284 g/mol. The van der Waals surface area contributed by atoms with E-state index in [-0.39, 0.29) is 0 Å². The van der Waals surface area contributed by atoms with Crippen LogP contribution in [0.15, 0.2) is 24.3 Å². The standard InChI is InChI=1S/C15H22ClNO2/c16-13-5-3-4-12(8-13)9-17-10-14(18)11-19-15-6-1-2-7-15/h3-5,8,14-15,17-18H,1-2,6-7,9-11H2/t14-/m0/s1. The molecule has 0 saturated heterocycles. The van der Waals surface area contributed by atoms with E-state index in [1.54, 1.807) is 0 Å². The van der Waals surface area contributed by atoms with Crippen LogP contribution in [0.4, 0.5) is 0 Å². The van der Waals surface area contributed by atoms with E-state index in [4.69, 9.17) is 16.3 Å². The van der Waals surface area contributed by atoms with Crippen LogP contribution in [0.5, 0.6) is 0 Å². The number of hydrogen-bond acceptors (Lipinski definition) is 3. The van der Waals surface area contributed by atoms with E-state index in [1.807, 2.05) is 24.3 Å². The monoisotopic (exact) mass is 283 g/mol. The lowest BCUT2D eigenvalue weighted by atomic mass is 10.2. The first kappa shape index (κ1) is 14.8. The highest BCUT2D eigenvalue weighted by molar-refractivity contribution is 6.30. The van der Waals surface area contributed by atoms with Crippen LogP contribution in [0.25, 0.3) is 0 Å². The molecule has 2 N–H and O–H groups in total. The van der Waals surface area contributed by atoms with E-state index < -0.39 is 6.10 Å². The smallest absolute Gasteiger partial charge is 0.0897 e. The summed E-state index contributed by atoms with van der Waals surface area (Å²) in [6.07, 6.45) is 4.72. The van der Waals surface area contributed by atoms with Gasteiger partial charge in [-0.2, -0.15) is 0 Å². The molecule has 1 fully saturated rings. The van der Waals surface area contributed by atoms with Crippen molar-refractivity contribution >= 4 is 11.6 Å². The molecule has 1 aromatic carbocycles. The molecular formula is C15H22ClNO2. The van der Waals surface area contributed by atoms with Gasteiger partial charge >= 0.3 is 0 Å². The Morgan fingerprint density at radius 2 is 2.16 bits per heavy atom. The molecule has 0 radical (unpaired) electrons. The molecule has 0 aliphatic heterocycles. The molecule has 1 saturated carbocycles. The van der Waals surface area contributed by atoms with Gasteiger partial charge in [0.1, 0.15) is 0 Å². The van der Waals surface area contributed by atoms with Gasteiger partial charge in [-0.25, -0.2) is 0 Å². The van der Waals surface area contributed by atoms with Crippen molar-refractivity contribution in [2.45, 2.75) is 44.4 Å². The fraction of sp³-hybridized carbons (Fsp3) is 0.600. The van der Waals surface area contributed by atoms with Crippen molar-refractivity contribution in [3.05, 3.63) is 34.9 Å². The summed E-state index contributed by atoms with van der Waals surface area (Å²) in [6.45, 7) is 1.67. The molecule has 1 aliphatic rings. The summed E-state index contributed by atoms with van der Waals surface area (Å²) in [7, 11) is 0. The summed E-state index contributed by atoms with van der Waals surface area (Å²) in [5, 5.41) is 13.8. The Hall–Kier alpha value is -0.610. The highest BCUT2D eigenvalue weighted by Crippen LogP contribution is 2.20. The molecule has 1 aliphatic carbocycles. The minimum absolute atomic E-state index is 0.363. The number of halogens is 1. The van der Waals surface area contributed by atoms with Crippen molar-refractivity contribution < 1.29 is 9.84 Å². The molecular weight excluding hydrogens is 262 g/mol. The average Bonchev–Trinajstić information content (AvgIpc) is 2.89. The summed E-state index contributed by atoms with van der Waals surface area (Å²) < 4.78 is 5.68. The first-order valence-corrected chi connectivity index (χ1v) is 7.36. The highest BCUT2D eigenvalue weighted by atomic mass is 35.5. The molecule has 19 heavy (non-hydrogen) atoms. The zero-order valence-corrected chi connectivity index (χ0v) is 11.9. The SMILES string of the molecule is O[C@@H](CNCc1cccc(Cl)c1)COC1CCCC1. The van der Waals surface area contributed by atoms with Crippen molar-refractivity contribution in [2.24, 2.45) is 0 Å². The second kappa shape index (κ2) is 7.85. The molecule has 0 heterocycles. The Labute approximate surface area is 119 Å². The maximum absolute atomic E-state index is 9.83. The lowest BCUT2D eigenvalue weighted by molar-refractivity contribution is -0.00549. The summed E-state index contributed by atoms with van der Waals surface area (Å²) in [5.74, 6) is 0.